The van der Waals surface area contributed by atoms with Crippen molar-refractivity contribution in [1.82, 2.24) is 29.7 Å². The molecule has 4 rings (SSSR count). The smallest absolute Gasteiger partial charge is 0.253 e. The van der Waals surface area contributed by atoms with Crippen LogP contribution in [0.4, 0.5) is 0 Å². The molecule has 1 aliphatic rings. The second kappa shape index (κ2) is 6.19. The van der Waals surface area contributed by atoms with Crippen LogP contribution in [0.25, 0.3) is 10.9 Å². The van der Waals surface area contributed by atoms with Gasteiger partial charge in [0, 0.05) is 25.7 Å². The van der Waals surface area contributed by atoms with Crippen LogP contribution in [-0.2, 0) is 7.05 Å². The van der Waals surface area contributed by atoms with E-state index in [2.05, 4.69) is 15.3 Å². The third-order valence-corrected chi connectivity index (χ3v) is 4.73. The molecule has 1 amide bonds. The maximum Gasteiger partial charge on any atom is 0.253 e. The summed E-state index contributed by atoms with van der Waals surface area (Å²) < 4.78 is 7.04. The molecule has 3 aromatic rings. The number of methoxy groups -OCH3 is 1. The topological polar surface area (TPSA) is 78.1 Å². The van der Waals surface area contributed by atoms with Crippen LogP contribution in [0.2, 0.25) is 0 Å². The maximum absolute atomic E-state index is 12.8. The minimum Gasteiger partial charge on any atom is -0.481 e. The normalized spacial score (nSPS) is 15.7. The fourth-order valence-electron chi connectivity index (χ4n) is 3.45. The van der Waals surface area contributed by atoms with Crippen LogP contribution in [-0.4, -0.2) is 55.8 Å². The Hall–Kier alpha value is -2.90. The van der Waals surface area contributed by atoms with E-state index in [4.69, 9.17) is 4.74 Å². The van der Waals surface area contributed by atoms with E-state index in [0.717, 1.165) is 23.7 Å². The van der Waals surface area contributed by atoms with Gasteiger partial charge in [0.25, 0.3) is 5.91 Å². The molecule has 0 N–H and O–H groups in total. The summed E-state index contributed by atoms with van der Waals surface area (Å²) in [5.74, 6) is 0.736. The number of aromatic nitrogens is 5. The summed E-state index contributed by atoms with van der Waals surface area (Å²) in [4.78, 5) is 16.5. The van der Waals surface area contributed by atoms with Gasteiger partial charge in [0.05, 0.1) is 36.4 Å². The highest BCUT2D eigenvalue weighted by Gasteiger charge is 2.25. The number of carbonyl (C=O) groups excluding carboxylic acids is 1. The molecule has 0 bridgehead atoms. The molecule has 0 atom stereocenters. The Morgan fingerprint density at radius 2 is 1.92 bits per heavy atom. The SMILES string of the molecule is COc1c2ccc(C(=O)N3CCC(n4nccn4)CC3)cc2nn1C. The van der Waals surface area contributed by atoms with Crippen LogP contribution in [0.5, 0.6) is 5.88 Å². The van der Waals surface area contributed by atoms with Crippen molar-refractivity contribution in [2.45, 2.75) is 18.9 Å². The minimum absolute atomic E-state index is 0.0402. The number of carbonyl (C=O) groups is 1. The molecule has 0 radical (unpaired) electrons. The van der Waals surface area contributed by atoms with Crippen molar-refractivity contribution in [2.75, 3.05) is 20.2 Å². The van der Waals surface area contributed by atoms with E-state index < -0.39 is 0 Å². The zero-order valence-electron chi connectivity index (χ0n) is 14.3. The van der Waals surface area contributed by atoms with E-state index in [-0.39, 0.29) is 11.9 Å². The van der Waals surface area contributed by atoms with Gasteiger partial charge in [-0.1, -0.05) is 0 Å². The molecule has 1 fully saturated rings. The van der Waals surface area contributed by atoms with Gasteiger partial charge >= 0.3 is 0 Å². The van der Waals surface area contributed by atoms with Crippen molar-refractivity contribution in [3.63, 3.8) is 0 Å². The molecule has 8 nitrogen and oxygen atoms in total. The predicted octanol–water partition coefficient (Wildman–Crippen LogP) is 1.65. The fourth-order valence-corrected chi connectivity index (χ4v) is 3.45. The first-order chi connectivity index (χ1) is 12.2. The van der Waals surface area contributed by atoms with E-state index in [1.165, 1.54) is 0 Å². The van der Waals surface area contributed by atoms with Crippen LogP contribution in [0.3, 0.4) is 0 Å². The van der Waals surface area contributed by atoms with E-state index in [9.17, 15) is 4.79 Å². The summed E-state index contributed by atoms with van der Waals surface area (Å²) in [5.41, 5.74) is 1.42. The minimum atomic E-state index is 0.0402. The van der Waals surface area contributed by atoms with E-state index in [1.54, 1.807) is 29.0 Å². The largest absolute Gasteiger partial charge is 0.481 e. The van der Waals surface area contributed by atoms with Crippen molar-refractivity contribution in [2.24, 2.45) is 7.05 Å². The number of nitrogens with zero attached hydrogens (tertiary/aromatic N) is 6. The van der Waals surface area contributed by atoms with Crippen LogP contribution in [0.1, 0.15) is 29.2 Å². The molecule has 1 saturated heterocycles. The lowest BCUT2D eigenvalue weighted by molar-refractivity contribution is 0.0684. The molecule has 2 aromatic heterocycles. The van der Waals surface area contributed by atoms with E-state index >= 15 is 0 Å². The standard InChI is InChI=1S/C17H20N6O2/c1-21-17(25-2)14-4-3-12(11-15(14)20-21)16(24)22-9-5-13(6-10-22)23-18-7-8-19-23/h3-4,7-8,11,13H,5-6,9-10H2,1-2H3. The molecule has 3 heterocycles. The Morgan fingerprint density at radius 1 is 1.20 bits per heavy atom. The Bertz CT molecular complexity index is 893. The van der Waals surface area contributed by atoms with Crippen molar-refractivity contribution in [1.29, 1.82) is 0 Å². The van der Waals surface area contributed by atoms with Crippen LogP contribution in [0, 0.1) is 0 Å². The van der Waals surface area contributed by atoms with Crippen molar-refractivity contribution in [3.8, 4) is 5.88 Å². The van der Waals surface area contributed by atoms with Crippen LogP contribution >= 0.6 is 0 Å². The summed E-state index contributed by atoms with van der Waals surface area (Å²) in [6.45, 7) is 1.41. The predicted molar refractivity (Wildman–Crippen MR) is 91.5 cm³/mol. The summed E-state index contributed by atoms with van der Waals surface area (Å²) in [5, 5.41) is 13.7. The van der Waals surface area contributed by atoms with Gasteiger partial charge < -0.3 is 9.64 Å². The van der Waals surface area contributed by atoms with Crippen molar-refractivity contribution < 1.29 is 9.53 Å². The van der Waals surface area contributed by atoms with Gasteiger partial charge in [-0.15, -0.1) is 0 Å². The second-order valence-corrected chi connectivity index (χ2v) is 6.24. The molecule has 0 aliphatic carbocycles. The first-order valence-corrected chi connectivity index (χ1v) is 8.33. The van der Waals surface area contributed by atoms with Gasteiger partial charge in [0.1, 0.15) is 0 Å². The molecular weight excluding hydrogens is 320 g/mol. The Balaban J connectivity index is 1.50. The average Bonchev–Trinajstić information content (AvgIpc) is 3.27. The molecule has 0 unspecified atom stereocenters. The highest BCUT2D eigenvalue weighted by Crippen LogP contribution is 2.27. The number of aryl methyl sites for hydroxylation is 1. The molecule has 8 heteroatoms. The van der Waals surface area contributed by atoms with Gasteiger partial charge in [-0.05, 0) is 31.0 Å². The highest BCUT2D eigenvalue weighted by molar-refractivity contribution is 5.98. The maximum atomic E-state index is 12.8. The summed E-state index contributed by atoms with van der Waals surface area (Å²) in [6, 6.07) is 5.84. The third kappa shape index (κ3) is 2.73. The lowest BCUT2D eigenvalue weighted by Gasteiger charge is -2.31. The van der Waals surface area contributed by atoms with Gasteiger partial charge in [-0.2, -0.15) is 20.1 Å². The Morgan fingerprint density at radius 3 is 2.60 bits per heavy atom. The van der Waals surface area contributed by atoms with Crippen LogP contribution in [0.15, 0.2) is 30.6 Å². The number of amides is 1. The van der Waals surface area contributed by atoms with E-state index in [0.29, 0.717) is 24.5 Å². The van der Waals surface area contributed by atoms with Gasteiger partial charge in [-0.3, -0.25) is 4.79 Å². The number of ether oxygens (including phenoxy) is 1. The van der Waals surface area contributed by atoms with E-state index in [1.807, 2.05) is 30.1 Å². The number of benzene rings is 1. The number of likely N-dealkylation sites (tertiary alicyclic amines) is 1. The summed E-state index contributed by atoms with van der Waals surface area (Å²) in [7, 11) is 3.45. The number of hydrogen-bond acceptors (Lipinski definition) is 5. The van der Waals surface area contributed by atoms with Crippen molar-refractivity contribution in [3.05, 3.63) is 36.2 Å². The molecule has 0 saturated carbocycles. The number of hydrogen-bond donors (Lipinski definition) is 0. The zero-order chi connectivity index (χ0) is 17.4. The summed E-state index contributed by atoms with van der Waals surface area (Å²) in [6.07, 6.45) is 5.10. The first-order valence-electron chi connectivity index (χ1n) is 8.33. The third-order valence-electron chi connectivity index (χ3n) is 4.73. The lowest BCUT2D eigenvalue weighted by atomic mass is 10.0. The fraction of sp³-hybridized carbons (Fsp3) is 0.412. The molecule has 1 aliphatic heterocycles. The summed E-state index contributed by atoms with van der Waals surface area (Å²) >= 11 is 0. The quantitative estimate of drug-likeness (QED) is 0.724. The number of fused-ring (bicyclic) bond motifs is 1. The monoisotopic (exact) mass is 340 g/mol. The van der Waals surface area contributed by atoms with Crippen molar-refractivity contribution >= 4 is 16.8 Å². The Labute approximate surface area is 145 Å². The number of rotatable bonds is 3. The van der Waals surface area contributed by atoms with Gasteiger partial charge in [0.2, 0.25) is 5.88 Å². The van der Waals surface area contributed by atoms with Crippen LogP contribution < -0.4 is 4.74 Å². The Kier molecular flexibility index (Phi) is 3.87. The second-order valence-electron chi connectivity index (χ2n) is 6.24. The zero-order valence-corrected chi connectivity index (χ0v) is 14.3. The molecule has 1 aromatic carbocycles. The molecular formula is C17H20N6O2. The van der Waals surface area contributed by atoms with Gasteiger partial charge in [-0.25, -0.2) is 4.68 Å². The average molecular weight is 340 g/mol. The molecule has 25 heavy (non-hydrogen) atoms. The number of piperidine rings is 1. The first kappa shape index (κ1) is 15.6. The van der Waals surface area contributed by atoms with Gasteiger partial charge in [0.15, 0.2) is 0 Å². The highest BCUT2D eigenvalue weighted by atomic mass is 16.5. The molecule has 130 valence electrons. The molecule has 0 spiro atoms. The lowest BCUT2D eigenvalue weighted by Crippen LogP contribution is -2.39.